The largest absolute Gasteiger partial charge is 0.494 e. The van der Waals surface area contributed by atoms with Gasteiger partial charge >= 0.3 is 0 Å². The molecule has 5 rings (SSSR count). The van der Waals surface area contributed by atoms with Crippen LogP contribution >= 0.6 is 0 Å². The Morgan fingerprint density at radius 3 is 2.49 bits per heavy atom. The van der Waals surface area contributed by atoms with Crippen molar-refractivity contribution in [3.8, 4) is 5.75 Å². The number of carbonyl (C=O) groups is 3. The number of aromatic nitrogens is 2. The van der Waals surface area contributed by atoms with Gasteiger partial charge in [-0.05, 0) is 73.2 Å². The molecule has 174 valence electrons. The summed E-state index contributed by atoms with van der Waals surface area (Å²) in [4.78, 5) is 40.0. The molecule has 4 aromatic rings. The summed E-state index contributed by atoms with van der Waals surface area (Å²) < 4.78 is 7.22. The maximum Gasteiger partial charge on any atom is 0.266 e. The van der Waals surface area contributed by atoms with Gasteiger partial charge in [-0.2, -0.15) is 5.10 Å². The molecule has 0 bridgehead atoms. The van der Waals surface area contributed by atoms with Crippen LogP contribution in [0.4, 0.5) is 11.4 Å². The predicted molar refractivity (Wildman–Crippen MR) is 131 cm³/mol. The molecule has 1 N–H and O–H groups in total. The van der Waals surface area contributed by atoms with Gasteiger partial charge in [0.1, 0.15) is 5.75 Å². The number of fused-ring (bicyclic) bond motifs is 1. The van der Waals surface area contributed by atoms with Gasteiger partial charge in [-0.25, -0.2) is 4.90 Å². The molecular formula is C27H22N4O4. The molecule has 0 atom stereocenters. The zero-order valence-electron chi connectivity index (χ0n) is 19.0. The molecule has 8 heteroatoms. The van der Waals surface area contributed by atoms with Gasteiger partial charge < -0.3 is 10.1 Å². The van der Waals surface area contributed by atoms with E-state index in [0.717, 1.165) is 10.5 Å². The maximum atomic E-state index is 13.1. The SMILES string of the molecule is CCOc1ccc(N2C(=O)c3ccc(C(=O)Nc4cccc(Cn5cccn5)c4)cc3C2=O)cc1. The highest BCUT2D eigenvalue weighted by molar-refractivity contribution is 6.34. The number of amides is 3. The molecule has 3 aromatic carbocycles. The number of ether oxygens (including phenoxy) is 1. The second-order valence-electron chi connectivity index (χ2n) is 7.99. The fourth-order valence-corrected chi connectivity index (χ4v) is 4.01. The van der Waals surface area contributed by atoms with Crippen molar-refractivity contribution in [2.75, 3.05) is 16.8 Å². The Hall–Kier alpha value is -4.72. The Labute approximate surface area is 201 Å². The number of hydrogen-bond acceptors (Lipinski definition) is 5. The summed E-state index contributed by atoms with van der Waals surface area (Å²) in [6.07, 6.45) is 3.58. The lowest BCUT2D eigenvalue weighted by Crippen LogP contribution is -2.29. The lowest BCUT2D eigenvalue weighted by atomic mass is 10.1. The van der Waals surface area contributed by atoms with E-state index in [-0.39, 0.29) is 22.6 Å². The molecule has 0 aliphatic carbocycles. The molecule has 35 heavy (non-hydrogen) atoms. The van der Waals surface area contributed by atoms with Crippen LogP contribution in [0.25, 0.3) is 0 Å². The van der Waals surface area contributed by atoms with Gasteiger partial charge in [0.05, 0.1) is 30.0 Å². The summed E-state index contributed by atoms with van der Waals surface area (Å²) in [6.45, 7) is 2.98. The lowest BCUT2D eigenvalue weighted by Gasteiger charge is -2.14. The first-order chi connectivity index (χ1) is 17.0. The van der Waals surface area contributed by atoms with Gasteiger partial charge in [-0.15, -0.1) is 0 Å². The van der Waals surface area contributed by atoms with Crippen LogP contribution in [0.5, 0.6) is 5.75 Å². The van der Waals surface area contributed by atoms with Crippen LogP contribution in [-0.4, -0.2) is 34.1 Å². The summed E-state index contributed by atoms with van der Waals surface area (Å²) in [5.41, 5.74) is 2.80. The van der Waals surface area contributed by atoms with Crippen molar-refractivity contribution < 1.29 is 19.1 Å². The van der Waals surface area contributed by atoms with E-state index in [1.54, 1.807) is 47.3 Å². The highest BCUT2D eigenvalue weighted by Gasteiger charge is 2.37. The molecule has 0 fully saturated rings. The van der Waals surface area contributed by atoms with Gasteiger partial charge in [0.2, 0.25) is 0 Å². The summed E-state index contributed by atoms with van der Waals surface area (Å²) >= 11 is 0. The van der Waals surface area contributed by atoms with Gasteiger partial charge in [0, 0.05) is 23.6 Å². The molecule has 0 radical (unpaired) electrons. The summed E-state index contributed by atoms with van der Waals surface area (Å²) in [7, 11) is 0. The normalized spacial score (nSPS) is 12.5. The van der Waals surface area contributed by atoms with E-state index in [1.165, 1.54) is 12.1 Å². The van der Waals surface area contributed by atoms with Crippen LogP contribution in [0.1, 0.15) is 43.6 Å². The third-order valence-corrected chi connectivity index (χ3v) is 5.64. The Bertz CT molecular complexity index is 1410. The van der Waals surface area contributed by atoms with Crippen molar-refractivity contribution in [2.45, 2.75) is 13.5 Å². The average molecular weight is 466 g/mol. The number of nitrogens with one attached hydrogen (secondary N) is 1. The van der Waals surface area contributed by atoms with Crippen molar-refractivity contribution in [1.82, 2.24) is 9.78 Å². The molecule has 0 unspecified atom stereocenters. The molecule has 0 spiro atoms. The Balaban J connectivity index is 1.34. The minimum absolute atomic E-state index is 0.198. The molecule has 8 nitrogen and oxygen atoms in total. The van der Waals surface area contributed by atoms with E-state index in [0.29, 0.717) is 30.3 Å². The second-order valence-corrected chi connectivity index (χ2v) is 7.99. The van der Waals surface area contributed by atoms with Crippen LogP contribution in [0.3, 0.4) is 0 Å². The van der Waals surface area contributed by atoms with Crippen LogP contribution in [-0.2, 0) is 6.54 Å². The molecule has 0 saturated heterocycles. The van der Waals surface area contributed by atoms with E-state index in [2.05, 4.69) is 10.4 Å². The Kier molecular flexibility index (Phi) is 5.85. The van der Waals surface area contributed by atoms with Crippen molar-refractivity contribution in [3.63, 3.8) is 0 Å². The zero-order chi connectivity index (χ0) is 24.4. The maximum absolute atomic E-state index is 13.1. The molecule has 2 heterocycles. The van der Waals surface area contributed by atoms with Crippen LogP contribution in [0, 0.1) is 0 Å². The molecule has 3 amide bonds. The first kappa shape index (κ1) is 22.1. The molecule has 1 aromatic heterocycles. The second kappa shape index (κ2) is 9.26. The third-order valence-electron chi connectivity index (χ3n) is 5.64. The topological polar surface area (TPSA) is 93.5 Å². The zero-order valence-corrected chi connectivity index (χ0v) is 19.0. The average Bonchev–Trinajstić information content (AvgIpc) is 3.46. The molecule has 1 aliphatic rings. The first-order valence-electron chi connectivity index (χ1n) is 11.2. The smallest absolute Gasteiger partial charge is 0.266 e. The lowest BCUT2D eigenvalue weighted by molar-refractivity contribution is 0.0925. The van der Waals surface area contributed by atoms with Gasteiger partial charge in [-0.1, -0.05) is 12.1 Å². The van der Waals surface area contributed by atoms with Gasteiger partial charge in [-0.3, -0.25) is 19.1 Å². The van der Waals surface area contributed by atoms with Crippen molar-refractivity contribution in [1.29, 1.82) is 0 Å². The minimum Gasteiger partial charge on any atom is -0.494 e. The number of benzene rings is 3. The van der Waals surface area contributed by atoms with Crippen LogP contribution < -0.4 is 15.0 Å². The fourth-order valence-electron chi connectivity index (χ4n) is 4.01. The standard InChI is InChI=1S/C27H22N4O4/c1-2-35-22-10-8-21(9-11-22)31-26(33)23-12-7-19(16-24(23)27(31)34)25(32)29-20-6-3-5-18(15-20)17-30-14-4-13-28-30/h3-16H,2,17H2,1H3,(H,29,32). The van der Waals surface area contributed by atoms with E-state index in [4.69, 9.17) is 4.74 Å². The number of nitrogens with zero attached hydrogens (tertiary/aromatic N) is 3. The monoisotopic (exact) mass is 466 g/mol. The van der Waals surface area contributed by atoms with Crippen molar-refractivity contribution in [3.05, 3.63) is 107 Å². The molecule has 1 aliphatic heterocycles. The summed E-state index contributed by atoms with van der Waals surface area (Å²) in [6, 6.07) is 20.6. The summed E-state index contributed by atoms with van der Waals surface area (Å²) in [5, 5.41) is 7.06. The van der Waals surface area contributed by atoms with E-state index in [9.17, 15) is 14.4 Å². The van der Waals surface area contributed by atoms with Gasteiger partial charge in [0.15, 0.2) is 0 Å². The van der Waals surface area contributed by atoms with E-state index in [1.807, 2.05) is 37.4 Å². The number of anilines is 2. The number of hydrogen-bond donors (Lipinski definition) is 1. The van der Waals surface area contributed by atoms with Crippen LogP contribution in [0.2, 0.25) is 0 Å². The number of carbonyl (C=O) groups excluding carboxylic acids is 3. The van der Waals surface area contributed by atoms with Crippen molar-refractivity contribution in [2.24, 2.45) is 0 Å². The summed E-state index contributed by atoms with van der Waals surface area (Å²) in [5.74, 6) is -0.609. The van der Waals surface area contributed by atoms with Crippen LogP contribution in [0.15, 0.2) is 85.2 Å². The minimum atomic E-state index is -0.468. The highest BCUT2D eigenvalue weighted by Crippen LogP contribution is 2.30. The third kappa shape index (κ3) is 4.41. The van der Waals surface area contributed by atoms with Gasteiger partial charge in [0.25, 0.3) is 17.7 Å². The molecule has 0 saturated carbocycles. The van der Waals surface area contributed by atoms with E-state index < -0.39 is 11.8 Å². The first-order valence-corrected chi connectivity index (χ1v) is 11.2. The highest BCUT2D eigenvalue weighted by atomic mass is 16.5. The Morgan fingerprint density at radius 2 is 1.74 bits per heavy atom. The van der Waals surface area contributed by atoms with E-state index >= 15 is 0 Å². The Morgan fingerprint density at radius 1 is 0.943 bits per heavy atom. The quantitative estimate of drug-likeness (QED) is 0.408. The number of imide groups is 1. The molecular weight excluding hydrogens is 444 g/mol. The fraction of sp³-hybridized carbons (Fsp3) is 0.111. The predicted octanol–water partition coefficient (Wildman–Crippen LogP) is 4.38. The van der Waals surface area contributed by atoms with Crippen molar-refractivity contribution >= 4 is 29.1 Å². The number of rotatable bonds is 7.